The highest BCUT2D eigenvalue weighted by atomic mass is 79.9. The predicted octanol–water partition coefficient (Wildman–Crippen LogP) is 3.12. The molecule has 3 nitrogen and oxygen atoms in total. The molecule has 110 valence electrons. The number of hydrogen-bond acceptors (Lipinski definition) is 2. The van der Waals surface area contributed by atoms with Crippen molar-refractivity contribution < 1.29 is 4.79 Å². The van der Waals surface area contributed by atoms with E-state index < -0.39 is 0 Å². The summed E-state index contributed by atoms with van der Waals surface area (Å²) in [6.45, 7) is 0.963. The van der Waals surface area contributed by atoms with Gasteiger partial charge >= 0.3 is 0 Å². The fraction of sp³-hybridized carbons (Fsp3) is 0.533. The maximum atomic E-state index is 12.3. The Balaban J connectivity index is 0.00000147. The molecular formula is C15H20BrClN2O. The van der Waals surface area contributed by atoms with Crippen molar-refractivity contribution in [2.45, 2.75) is 44.2 Å². The number of nitrogens with one attached hydrogen (secondary N) is 2. The normalized spacial score (nSPS) is 24.6. The van der Waals surface area contributed by atoms with E-state index in [2.05, 4.69) is 38.7 Å². The van der Waals surface area contributed by atoms with Crippen LogP contribution in [0, 0.1) is 0 Å². The molecule has 1 aliphatic carbocycles. The Morgan fingerprint density at radius 1 is 1.30 bits per heavy atom. The van der Waals surface area contributed by atoms with Crippen LogP contribution in [0.3, 0.4) is 0 Å². The fourth-order valence-corrected chi connectivity index (χ4v) is 3.69. The van der Waals surface area contributed by atoms with Crippen molar-refractivity contribution in [1.82, 2.24) is 10.6 Å². The summed E-state index contributed by atoms with van der Waals surface area (Å²) in [5, 5.41) is 6.52. The van der Waals surface area contributed by atoms with E-state index in [0.717, 1.165) is 36.7 Å². The van der Waals surface area contributed by atoms with Gasteiger partial charge < -0.3 is 10.6 Å². The summed E-state index contributed by atoms with van der Waals surface area (Å²) in [4.78, 5) is 12.3. The lowest BCUT2D eigenvalue weighted by Crippen LogP contribution is -2.47. The molecule has 1 aliphatic heterocycles. The molecule has 1 amide bonds. The lowest BCUT2D eigenvalue weighted by Gasteiger charge is -2.24. The molecule has 1 fully saturated rings. The van der Waals surface area contributed by atoms with Crippen molar-refractivity contribution in [1.29, 1.82) is 0 Å². The number of benzene rings is 1. The maximum Gasteiger partial charge on any atom is 0.237 e. The van der Waals surface area contributed by atoms with Gasteiger partial charge in [0.15, 0.2) is 0 Å². The standard InChI is InChI=1S/C15H19BrN2O.ClH/c16-12-5-3-4-11-10(12)7-8-13(11)18-15(19)14-6-1-2-9-17-14;/h3-5,13-14,17H,1-2,6-9H2,(H,18,19);1H. The third kappa shape index (κ3) is 3.18. The lowest BCUT2D eigenvalue weighted by atomic mass is 10.0. The van der Waals surface area contributed by atoms with Gasteiger partial charge in [0.05, 0.1) is 12.1 Å². The SMILES string of the molecule is Cl.O=C(NC1CCc2c(Br)cccc21)C1CCCCN1. The molecule has 1 heterocycles. The first-order chi connectivity index (χ1) is 9.25. The molecule has 1 aromatic carbocycles. The minimum atomic E-state index is 0. The van der Waals surface area contributed by atoms with E-state index in [9.17, 15) is 4.79 Å². The molecule has 20 heavy (non-hydrogen) atoms. The smallest absolute Gasteiger partial charge is 0.237 e. The number of halogens is 2. The Labute approximate surface area is 134 Å². The van der Waals surface area contributed by atoms with Crippen LogP contribution in [0.25, 0.3) is 0 Å². The molecule has 2 aliphatic rings. The highest BCUT2D eigenvalue weighted by Crippen LogP contribution is 2.35. The zero-order valence-electron chi connectivity index (χ0n) is 11.3. The number of carbonyl (C=O) groups excluding carboxylic acids is 1. The van der Waals surface area contributed by atoms with Gasteiger partial charge in [-0.1, -0.05) is 34.5 Å². The third-order valence-corrected chi connectivity index (χ3v) is 4.90. The summed E-state index contributed by atoms with van der Waals surface area (Å²) in [6.07, 6.45) is 5.35. The first kappa shape index (κ1) is 15.8. The van der Waals surface area contributed by atoms with Gasteiger partial charge in [-0.3, -0.25) is 4.79 Å². The number of fused-ring (bicyclic) bond motifs is 1. The van der Waals surface area contributed by atoms with Crippen LogP contribution in [0.1, 0.15) is 42.9 Å². The van der Waals surface area contributed by atoms with Crippen LogP contribution >= 0.6 is 28.3 Å². The minimum absolute atomic E-state index is 0. The first-order valence-electron chi connectivity index (χ1n) is 7.07. The van der Waals surface area contributed by atoms with Crippen molar-refractivity contribution in [3.63, 3.8) is 0 Å². The van der Waals surface area contributed by atoms with Crippen LogP contribution < -0.4 is 10.6 Å². The molecule has 5 heteroatoms. The van der Waals surface area contributed by atoms with Crippen molar-refractivity contribution in [2.75, 3.05) is 6.54 Å². The second-order valence-electron chi connectivity index (χ2n) is 5.41. The molecule has 1 aromatic rings. The number of amides is 1. The summed E-state index contributed by atoms with van der Waals surface area (Å²) >= 11 is 3.59. The van der Waals surface area contributed by atoms with Gasteiger partial charge in [0.25, 0.3) is 0 Å². The third-order valence-electron chi connectivity index (χ3n) is 4.16. The van der Waals surface area contributed by atoms with Gasteiger partial charge in [-0.05, 0) is 49.4 Å². The highest BCUT2D eigenvalue weighted by molar-refractivity contribution is 9.10. The molecule has 0 bridgehead atoms. The predicted molar refractivity (Wildman–Crippen MR) is 86.2 cm³/mol. The largest absolute Gasteiger partial charge is 0.348 e. The highest BCUT2D eigenvalue weighted by Gasteiger charge is 2.28. The first-order valence-corrected chi connectivity index (χ1v) is 7.86. The van der Waals surface area contributed by atoms with Crippen molar-refractivity contribution >= 4 is 34.2 Å². The van der Waals surface area contributed by atoms with Crippen molar-refractivity contribution in [3.05, 3.63) is 33.8 Å². The van der Waals surface area contributed by atoms with Crippen LogP contribution in [0.4, 0.5) is 0 Å². The fourth-order valence-electron chi connectivity index (χ4n) is 3.11. The van der Waals surface area contributed by atoms with E-state index in [-0.39, 0.29) is 30.4 Å². The number of hydrogen-bond donors (Lipinski definition) is 2. The Hall–Kier alpha value is -0.580. The minimum Gasteiger partial charge on any atom is -0.348 e. The van der Waals surface area contributed by atoms with Crippen LogP contribution in [0.5, 0.6) is 0 Å². The zero-order valence-corrected chi connectivity index (χ0v) is 13.7. The quantitative estimate of drug-likeness (QED) is 0.852. The Morgan fingerprint density at radius 3 is 2.90 bits per heavy atom. The maximum absolute atomic E-state index is 12.3. The van der Waals surface area contributed by atoms with Gasteiger partial charge in [-0.25, -0.2) is 0 Å². The van der Waals surface area contributed by atoms with Gasteiger partial charge in [0.2, 0.25) is 5.91 Å². The van der Waals surface area contributed by atoms with E-state index in [1.54, 1.807) is 0 Å². The molecule has 2 atom stereocenters. The number of carbonyl (C=O) groups is 1. The number of piperidine rings is 1. The van der Waals surface area contributed by atoms with E-state index in [0.29, 0.717) is 0 Å². The second kappa shape index (κ2) is 6.92. The molecule has 0 radical (unpaired) electrons. The summed E-state index contributed by atoms with van der Waals surface area (Å²) in [7, 11) is 0. The van der Waals surface area contributed by atoms with Crippen molar-refractivity contribution in [3.8, 4) is 0 Å². The molecule has 3 rings (SSSR count). The van der Waals surface area contributed by atoms with E-state index in [4.69, 9.17) is 0 Å². The van der Waals surface area contributed by atoms with E-state index in [1.807, 2.05) is 6.07 Å². The van der Waals surface area contributed by atoms with Crippen LogP contribution in [0.15, 0.2) is 22.7 Å². The monoisotopic (exact) mass is 358 g/mol. The zero-order chi connectivity index (χ0) is 13.2. The van der Waals surface area contributed by atoms with E-state index in [1.165, 1.54) is 17.5 Å². The second-order valence-corrected chi connectivity index (χ2v) is 6.26. The average molecular weight is 360 g/mol. The van der Waals surface area contributed by atoms with Crippen LogP contribution in [0.2, 0.25) is 0 Å². The van der Waals surface area contributed by atoms with Crippen LogP contribution in [-0.2, 0) is 11.2 Å². The van der Waals surface area contributed by atoms with Gasteiger partial charge in [-0.15, -0.1) is 12.4 Å². The lowest BCUT2D eigenvalue weighted by molar-refractivity contribution is -0.124. The van der Waals surface area contributed by atoms with Crippen LogP contribution in [-0.4, -0.2) is 18.5 Å². The topological polar surface area (TPSA) is 41.1 Å². The molecule has 0 aromatic heterocycles. The Kier molecular flexibility index (Phi) is 5.47. The number of rotatable bonds is 2. The summed E-state index contributed by atoms with van der Waals surface area (Å²) in [5.41, 5.74) is 2.63. The summed E-state index contributed by atoms with van der Waals surface area (Å²) in [6, 6.07) is 6.44. The molecule has 0 saturated carbocycles. The summed E-state index contributed by atoms with van der Waals surface area (Å²) in [5.74, 6) is 0.164. The van der Waals surface area contributed by atoms with E-state index >= 15 is 0 Å². The summed E-state index contributed by atoms with van der Waals surface area (Å²) < 4.78 is 1.16. The molecular weight excluding hydrogens is 340 g/mol. The average Bonchev–Trinajstić information content (AvgIpc) is 2.84. The van der Waals surface area contributed by atoms with Gasteiger partial charge in [-0.2, -0.15) is 0 Å². The molecule has 2 unspecified atom stereocenters. The Bertz CT molecular complexity index is 489. The molecule has 2 N–H and O–H groups in total. The Morgan fingerprint density at radius 2 is 2.15 bits per heavy atom. The van der Waals surface area contributed by atoms with Crippen molar-refractivity contribution in [2.24, 2.45) is 0 Å². The van der Waals surface area contributed by atoms with Gasteiger partial charge in [0.1, 0.15) is 0 Å². The molecule has 0 spiro atoms. The van der Waals surface area contributed by atoms with Gasteiger partial charge in [0, 0.05) is 4.47 Å². The molecule has 1 saturated heterocycles.